The molecule has 0 aliphatic carbocycles. The molecule has 2 heterocycles. The van der Waals surface area contributed by atoms with Crippen LogP contribution in [0, 0.1) is 0 Å². The van der Waals surface area contributed by atoms with E-state index in [-0.39, 0.29) is 10.0 Å². The second-order valence-electron chi connectivity index (χ2n) is 3.68. The highest BCUT2D eigenvalue weighted by atomic mass is 35.5. The zero-order chi connectivity index (χ0) is 11.7. The predicted octanol–water partition coefficient (Wildman–Crippen LogP) is 2.65. The molecule has 0 saturated heterocycles. The van der Waals surface area contributed by atoms with E-state index in [2.05, 4.69) is 22.9 Å². The first-order chi connectivity index (χ1) is 7.58. The summed E-state index contributed by atoms with van der Waals surface area (Å²) in [5.41, 5.74) is 1.27. The Kier molecular flexibility index (Phi) is 3.16. The summed E-state index contributed by atoms with van der Waals surface area (Å²) in [7, 11) is 0. The Hall–Kier alpha value is -1.07. The Morgan fingerprint density at radius 1 is 1.69 bits per heavy atom. The third kappa shape index (κ3) is 2.20. The van der Waals surface area contributed by atoms with Crippen LogP contribution < -0.4 is 4.90 Å². The highest BCUT2D eigenvalue weighted by molar-refractivity contribution is 7.18. The van der Waals surface area contributed by atoms with Crippen LogP contribution in [0.2, 0.25) is 5.15 Å². The molecule has 1 aliphatic rings. The number of carboxylic acids is 1. The van der Waals surface area contributed by atoms with Gasteiger partial charge in [0.25, 0.3) is 0 Å². The maximum absolute atomic E-state index is 10.8. The lowest BCUT2D eigenvalue weighted by atomic mass is 10.1. The smallest absolute Gasteiger partial charge is 0.349 e. The van der Waals surface area contributed by atoms with Crippen LogP contribution in [-0.4, -0.2) is 29.1 Å². The summed E-state index contributed by atoms with van der Waals surface area (Å²) in [6.45, 7) is 3.71. The summed E-state index contributed by atoms with van der Waals surface area (Å²) >= 11 is 6.91. The molecule has 2 rings (SSSR count). The van der Waals surface area contributed by atoms with Gasteiger partial charge in [0.05, 0.1) is 0 Å². The maximum atomic E-state index is 10.8. The van der Waals surface area contributed by atoms with E-state index in [0.29, 0.717) is 5.13 Å². The van der Waals surface area contributed by atoms with Crippen LogP contribution in [-0.2, 0) is 0 Å². The molecule has 1 aliphatic heterocycles. The Labute approximate surface area is 102 Å². The van der Waals surface area contributed by atoms with Gasteiger partial charge in [-0.2, -0.15) is 0 Å². The number of halogens is 1. The standard InChI is InChI=1S/C10H11ClN2O2S/c1-6-3-2-4-13(5-6)10-12-8(11)7(16-10)9(14)15/h3H,2,4-5H2,1H3,(H,14,15). The van der Waals surface area contributed by atoms with Gasteiger partial charge in [-0.3, -0.25) is 0 Å². The molecule has 0 aromatic carbocycles. The summed E-state index contributed by atoms with van der Waals surface area (Å²) in [4.78, 5) is 17.1. The molecule has 0 radical (unpaired) electrons. The van der Waals surface area contributed by atoms with Crippen LogP contribution >= 0.6 is 22.9 Å². The first-order valence-corrected chi connectivity index (χ1v) is 6.07. The van der Waals surface area contributed by atoms with Gasteiger partial charge < -0.3 is 10.0 Å². The van der Waals surface area contributed by atoms with Crippen LogP contribution in [0.3, 0.4) is 0 Å². The van der Waals surface area contributed by atoms with Crippen molar-refractivity contribution in [3.05, 3.63) is 21.7 Å². The normalized spacial score (nSPS) is 16.1. The van der Waals surface area contributed by atoms with Crippen molar-refractivity contribution in [2.75, 3.05) is 18.0 Å². The summed E-state index contributed by atoms with van der Waals surface area (Å²) in [5.74, 6) is -1.02. The van der Waals surface area contributed by atoms with Gasteiger partial charge in [0.2, 0.25) is 0 Å². The van der Waals surface area contributed by atoms with E-state index in [0.717, 1.165) is 30.8 Å². The van der Waals surface area contributed by atoms with Gasteiger partial charge in [-0.15, -0.1) is 0 Å². The number of nitrogens with zero attached hydrogens (tertiary/aromatic N) is 2. The lowest BCUT2D eigenvalue weighted by molar-refractivity contribution is 0.0702. The molecule has 0 saturated carbocycles. The van der Waals surface area contributed by atoms with Crippen molar-refractivity contribution in [3.8, 4) is 0 Å². The Morgan fingerprint density at radius 3 is 3.00 bits per heavy atom. The molecule has 16 heavy (non-hydrogen) atoms. The SMILES string of the molecule is CC1=CCCN(c2nc(Cl)c(C(=O)O)s2)C1. The average molecular weight is 259 g/mol. The number of carboxylic acid groups (broad SMARTS) is 1. The zero-order valence-corrected chi connectivity index (χ0v) is 10.3. The highest BCUT2D eigenvalue weighted by Crippen LogP contribution is 2.31. The molecule has 0 amide bonds. The quantitative estimate of drug-likeness (QED) is 0.829. The monoisotopic (exact) mass is 258 g/mol. The van der Waals surface area contributed by atoms with E-state index in [1.165, 1.54) is 5.57 Å². The number of rotatable bonds is 2. The molecule has 0 fully saturated rings. The Balaban J connectivity index is 2.25. The molecule has 86 valence electrons. The van der Waals surface area contributed by atoms with Crippen LogP contribution in [0.5, 0.6) is 0 Å². The van der Waals surface area contributed by atoms with Crippen LogP contribution in [0.1, 0.15) is 23.0 Å². The van der Waals surface area contributed by atoms with E-state index >= 15 is 0 Å². The van der Waals surface area contributed by atoms with E-state index < -0.39 is 5.97 Å². The van der Waals surface area contributed by atoms with E-state index in [1.807, 2.05) is 0 Å². The third-order valence-electron chi connectivity index (χ3n) is 2.37. The van der Waals surface area contributed by atoms with Gasteiger partial charge in [0, 0.05) is 13.1 Å². The van der Waals surface area contributed by atoms with Crippen LogP contribution in [0.25, 0.3) is 0 Å². The second-order valence-corrected chi connectivity index (χ2v) is 5.02. The minimum absolute atomic E-state index is 0.0831. The fourth-order valence-electron chi connectivity index (χ4n) is 1.63. The number of hydrogen-bond acceptors (Lipinski definition) is 4. The molecule has 1 aromatic rings. The second kappa shape index (κ2) is 4.43. The number of carbonyl (C=O) groups is 1. The fraction of sp³-hybridized carbons (Fsp3) is 0.400. The summed E-state index contributed by atoms with van der Waals surface area (Å²) in [6, 6.07) is 0. The summed E-state index contributed by atoms with van der Waals surface area (Å²) in [5, 5.41) is 9.66. The molecular weight excluding hydrogens is 248 g/mol. The van der Waals surface area contributed by atoms with Crippen LogP contribution in [0.4, 0.5) is 5.13 Å². The minimum Gasteiger partial charge on any atom is -0.477 e. The van der Waals surface area contributed by atoms with Gasteiger partial charge >= 0.3 is 5.97 Å². The van der Waals surface area contributed by atoms with Crippen molar-refractivity contribution in [3.63, 3.8) is 0 Å². The first-order valence-electron chi connectivity index (χ1n) is 4.88. The van der Waals surface area contributed by atoms with Crippen molar-refractivity contribution in [2.24, 2.45) is 0 Å². The maximum Gasteiger partial charge on any atom is 0.349 e. The molecular formula is C10H11ClN2O2S. The summed E-state index contributed by atoms with van der Waals surface area (Å²) in [6.07, 6.45) is 3.15. The molecule has 0 spiro atoms. The fourth-order valence-corrected chi connectivity index (χ4v) is 2.78. The van der Waals surface area contributed by atoms with Crippen LogP contribution in [0.15, 0.2) is 11.6 Å². The van der Waals surface area contributed by atoms with E-state index in [9.17, 15) is 4.79 Å². The molecule has 0 unspecified atom stereocenters. The number of thiazole rings is 1. The molecule has 4 nitrogen and oxygen atoms in total. The van der Waals surface area contributed by atoms with Gasteiger partial charge in [-0.05, 0) is 13.3 Å². The third-order valence-corrected chi connectivity index (χ3v) is 3.86. The van der Waals surface area contributed by atoms with Gasteiger partial charge in [-0.1, -0.05) is 34.6 Å². The number of anilines is 1. The minimum atomic E-state index is -1.02. The highest BCUT2D eigenvalue weighted by Gasteiger charge is 2.20. The number of aromatic carboxylic acids is 1. The van der Waals surface area contributed by atoms with Gasteiger partial charge in [-0.25, -0.2) is 9.78 Å². The number of hydrogen-bond donors (Lipinski definition) is 1. The molecule has 6 heteroatoms. The Bertz CT molecular complexity index is 456. The largest absolute Gasteiger partial charge is 0.477 e. The number of aromatic nitrogens is 1. The van der Waals surface area contributed by atoms with Crippen molar-refractivity contribution < 1.29 is 9.90 Å². The first kappa shape index (κ1) is 11.4. The van der Waals surface area contributed by atoms with E-state index in [1.54, 1.807) is 0 Å². The molecule has 0 bridgehead atoms. The van der Waals surface area contributed by atoms with Crippen molar-refractivity contribution in [1.82, 2.24) is 4.98 Å². The average Bonchev–Trinajstić information content (AvgIpc) is 2.60. The topological polar surface area (TPSA) is 53.4 Å². The van der Waals surface area contributed by atoms with Crippen molar-refractivity contribution >= 4 is 34.0 Å². The lowest BCUT2D eigenvalue weighted by Crippen LogP contribution is -2.28. The Morgan fingerprint density at radius 2 is 2.44 bits per heavy atom. The van der Waals surface area contributed by atoms with Gasteiger partial charge in [0.15, 0.2) is 15.2 Å². The predicted molar refractivity (Wildman–Crippen MR) is 64.7 cm³/mol. The zero-order valence-electron chi connectivity index (χ0n) is 8.73. The van der Waals surface area contributed by atoms with Crippen molar-refractivity contribution in [1.29, 1.82) is 0 Å². The molecule has 1 aromatic heterocycles. The molecule has 1 N–H and O–H groups in total. The van der Waals surface area contributed by atoms with Gasteiger partial charge in [0.1, 0.15) is 0 Å². The summed E-state index contributed by atoms with van der Waals surface area (Å²) < 4.78 is 0. The van der Waals surface area contributed by atoms with E-state index in [4.69, 9.17) is 16.7 Å². The molecule has 0 atom stereocenters. The van der Waals surface area contributed by atoms with Crippen molar-refractivity contribution in [2.45, 2.75) is 13.3 Å². The lowest BCUT2D eigenvalue weighted by Gasteiger charge is -2.25.